The van der Waals surface area contributed by atoms with Gasteiger partial charge in [-0.2, -0.15) is 0 Å². The quantitative estimate of drug-likeness (QED) is 0.427. The predicted molar refractivity (Wildman–Crippen MR) is 98.1 cm³/mol. The topological polar surface area (TPSA) is 101 Å². The van der Waals surface area contributed by atoms with Crippen LogP contribution in [0.5, 0.6) is 0 Å². The molecule has 0 radical (unpaired) electrons. The highest BCUT2D eigenvalue weighted by atomic mass is 32.2. The number of carbonyl (C=O) groups is 1. The second kappa shape index (κ2) is 8.93. The van der Waals surface area contributed by atoms with Crippen LogP contribution in [0.25, 0.3) is 0 Å². The highest BCUT2D eigenvalue weighted by Crippen LogP contribution is 2.22. The van der Waals surface area contributed by atoms with Crippen LogP contribution in [0.2, 0.25) is 0 Å². The maximum Gasteiger partial charge on any atom is 0.292 e. The maximum absolute atomic E-state index is 12.1. The zero-order valence-electron chi connectivity index (χ0n) is 13.7. The second-order valence-corrected chi connectivity index (χ2v) is 6.81. The molecule has 2 aromatic rings. The third-order valence-electron chi connectivity index (χ3n) is 3.39. The summed E-state index contributed by atoms with van der Waals surface area (Å²) >= 11 is 0. The van der Waals surface area contributed by atoms with Gasteiger partial charge in [-0.3, -0.25) is 19.1 Å². The largest absolute Gasteiger partial charge is 0.378 e. The van der Waals surface area contributed by atoms with Crippen molar-refractivity contribution in [3.63, 3.8) is 0 Å². The van der Waals surface area contributed by atoms with Gasteiger partial charge in [0.15, 0.2) is 0 Å². The van der Waals surface area contributed by atoms with Gasteiger partial charge in [-0.05, 0) is 23.8 Å². The molecule has 2 rings (SSSR count). The number of amides is 1. The number of carbonyl (C=O) groups excluding carboxylic acids is 1. The molecule has 1 amide bonds. The van der Waals surface area contributed by atoms with Crippen molar-refractivity contribution in [2.45, 2.75) is 5.75 Å². The molecule has 2 aromatic carbocycles. The molecule has 0 aromatic heterocycles. The normalized spacial score (nSPS) is 11.6. The smallest absolute Gasteiger partial charge is 0.292 e. The Balaban J connectivity index is 1.87. The van der Waals surface area contributed by atoms with Crippen molar-refractivity contribution in [1.82, 2.24) is 5.32 Å². The van der Waals surface area contributed by atoms with Gasteiger partial charge in [0.2, 0.25) is 0 Å². The number of anilines is 1. The van der Waals surface area contributed by atoms with Crippen LogP contribution in [0.3, 0.4) is 0 Å². The number of nitrogens with one attached hydrogen (secondary N) is 2. The average molecular weight is 361 g/mol. The first-order valence-corrected chi connectivity index (χ1v) is 9.34. The molecule has 25 heavy (non-hydrogen) atoms. The Bertz CT molecular complexity index is 795. The molecule has 0 fully saturated rings. The standard InChI is InChI=1S/C17H19N3O4S/c1-25(24)12-13-5-4-6-14(11-13)17(21)19-10-9-18-15-7-2-3-8-16(15)20(22)23/h2-8,11,18H,9-10,12H2,1H3,(H,19,21). The van der Waals surface area contributed by atoms with Crippen LogP contribution in [0.15, 0.2) is 48.5 Å². The zero-order valence-corrected chi connectivity index (χ0v) is 14.5. The van der Waals surface area contributed by atoms with E-state index in [-0.39, 0.29) is 11.6 Å². The van der Waals surface area contributed by atoms with E-state index in [0.29, 0.717) is 30.1 Å². The van der Waals surface area contributed by atoms with Gasteiger partial charge < -0.3 is 10.6 Å². The van der Waals surface area contributed by atoms with Crippen molar-refractivity contribution in [1.29, 1.82) is 0 Å². The molecule has 0 spiro atoms. The predicted octanol–water partition coefficient (Wildman–Crippen LogP) is 2.32. The first kappa shape index (κ1) is 18.6. The summed E-state index contributed by atoms with van der Waals surface area (Å²) in [5, 5.41) is 16.6. The van der Waals surface area contributed by atoms with E-state index in [2.05, 4.69) is 10.6 Å². The van der Waals surface area contributed by atoms with E-state index in [1.807, 2.05) is 6.07 Å². The molecule has 0 saturated heterocycles. The molecular formula is C17H19N3O4S. The van der Waals surface area contributed by atoms with Gasteiger partial charge in [0.25, 0.3) is 11.6 Å². The number of rotatable bonds is 8. The molecule has 1 atom stereocenters. The van der Waals surface area contributed by atoms with Gasteiger partial charge in [0, 0.05) is 47.5 Å². The number of para-hydroxylation sites is 2. The lowest BCUT2D eigenvalue weighted by Gasteiger charge is -2.09. The van der Waals surface area contributed by atoms with Crippen LogP contribution in [0.4, 0.5) is 11.4 Å². The molecule has 1 unspecified atom stereocenters. The van der Waals surface area contributed by atoms with Crippen molar-refractivity contribution < 1.29 is 13.9 Å². The Morgan fingerprint density at radius 1 is 1.16 bits per heavy atom. The molecule has 0 aliphatic carbocycles. The Hall–Kier alpha value is -2.74. The number of hydrogen-bond donors (Lipinski definition) is 2. The maximum atomic E-state index is 12.1. The Kier molecular flexibility index (Phi) is 6.64. The van der Waals surface area contributed by atoms with Crippen LogP contribution >= 0.6 is 0 Å². The molecule has 0 heterocycles. The van der Waals surface area contributed by atoms with Gasteiger partial charge in [-0.15, -0.1) is 0 Å². The fourth-order valence-electron chi connectivity index (χ4n) is 2.29. The van der Waals surface area contributed by atoms with E-state index in [4.69, 9.17) is 0 Å². The lowest BCUT2D eigenvalue weighted by atomic mass is 10.1. The lowest BCUT2D eigenvalue weighted by Crippen LogP contribution is -2.28. The number of hydrogen-bond acceptors (Lipinski definition) is 5. The Morgan fingerprint density at radius 2 is 1.92 bits per heavy atom. The minimum Gasteiger partial charge on any atom is -0.378 e. The van der Waals surface area contributed by atoms with Gasteiger partial charge in [-0.25, -0.2) is 0 Å². The summed E-state index contributed by atoms with van der Waals surface area (Å²) < 4.78 is 11.3. The molecule has 0 bridgehead atoms. The fraction of sp³-hybridized carbons (Fsp3) is 0.235. The summed E-state index contributed by atoms with van der Waals surface area (Å²) in [4.78, 5) is 22.6. The van der Waals surface area contributed by atoms with Crippen LogP contribution < -0.4 is 10.6 Å². The number of nitro benzene ring substituents is 1. The SMILES string of the molecule is CS(=O)Cc1cccc(C(=O)NCCNc2ccccc2[N+](=O)[O-])c1. The minimum atomic E-state index is -0.969. The van der Waals surface area contributed by atoms with E-state index in [0.717, 1.165) is 5.56 Å². The third kappa shape index (κ3) is 5.68. The fourth-order valence-corrected chi connectivity index (χ4v) is 2.94. The van der Waals surface area contributed by atoms with E-state index < -0.39 is 15.7 Å². The van der Waals surface area contributed by atoms with Gasteiger partial charge in [-0.1, -0.05) is 24.3 Å². The second-order valence-electron chi connectivity index (χ2n) is 5.37. The van der Waals surface area contributed by atoms with Gasteiger partial charge in [0.1, 0.15) is 5.69 Å². The summed E-state index contributed by atoms with van der Waals surface area (Å²) in [5.74, 6) is 0.161. The summed E-state index contributed by atoms with van der Waals surface area (Å²) in [6, 6.07) is 13.3. The van der Waals surface area contributed by atoms with Gasteiger partial charge >= 0.3 is 0 Å². The lowest BCUT2D eigenvalue weighted by molar-refractivity contribution is -0.384. The van der Waals surface area contributed by atoms with E-state index in [1.54, 1.807) is 42.7 Å². The summed E-state index contributed by atoms with van der Waals surface area (Å²) in [7, 11) is -0.969. The molecule has 0 aliphatic rings. The highest BCUT2D eigenvalue weighted by Gasteiger charge is 2.11. The average Bonchev–Trinajstić information content (AvgIpc) is 2.58. The molecule has 0 aliphatic heterocycles. The molecule has 2 N–H and O–H groups in total. The van der Waals surface area contributed by atoms with Crippen molar-refractivity contribution >= 4 is 28.1 Å². The monoisotopic (exact) mass is 361 g/mol. The number of benzene rings is 2. The summed E-state index contributed by atoms with van der Waals surface area (Å²) in [6.45, 7) is 0.671. The van der Waals surface area contributed by atoms with E-state index >= 15 is 0 Å². The van der Waals surface area contributed by atoms with Crippen molar-refractivity contribution in [2.75, 3.05) is 24.7 Å². The van der Waals surface area contributed by atoms with Gasteiger partial charge in [0.05, 0.1) is 4.92 Å². The third-order valence-corrected chi connectivity index (χ3v) is 4.13. The molecule has 0 saturated carbocycles. The van der Waals surface area contributed by atoms with Crippen LogP contribution in [-0.4, -0.2) is 34.4 Å². The highest BCUT2D eigenvalue weighted by molar-refractivity contribution is 7.83. The van der Waals surface area contributed by atoms with Crippen molar-refractivity contribution in [3.05, 3.63) is 69.8 Å². The van der Waals surface area contributed by atoms with Crippen molar-refractivity contribution in [2.24, 2.45) is 0 Å². The first-order chi connectivity index (χ1) is 12.0. The number of nitro groups is 1. The number of nitrogens with zero attached hydrogens (tertiary/aromatic N) is 1. The minimum absolute atomic E-state index is 0.00547. The van der Waals surface area contributed by atoms with Crippen LogP contribution in [-0.2, 0) is 16.6 Å². The van der Waals surface area contributed by atoms with Crippen molar-refractivity contribution in [3.8, 4) is 0 Å². The molecular weight excluding hydrogens is 342 g/mol. The van der Waals surface area contributed by atoms with Crippen LogP contribution in [0.1, 0.15) is 15.9 Å². The molecule has 132 valence electrons. The Labute approximate surface area is 148 Å². The summed E-state index contributed by atoms with van der Waals surface area (Å²) in [6.07, 6.45) is 1.61. The zero-order chi connectivity index (χ0) is 18.2. The van der Waals surface area contributed by atoms with E-state index in [1.165, 1.54) is 6.07 Å². The molecule has 7 nitrogen and oxygen atoms in total. The summed E-state index contributed by atoms with van der Waals surface area (Å²) in [5.41, 5.74) is 1.74. The van der Waals surface area contributed by atoms with E-state index in [9.17, 15) is 19.1 Å². The van der Waals surface area contributed by atoms with Crippen LogP contribution in [0, 0.1) is 10.1 Å². The molecule has 8 heteroatoms. The Morgan fingerprint density at radius 3 is 2.64 bits per heavy atom. The first-order valence-electron chi connectivity index (χ1n) is 7.62.